The van der Waals surface area contributed by atoms with Gasteiger partial charge in [0.1, 0.15) is 17.3 Å². The minimum absolute atomic E-state index is 0. The van der Waals surface area contributed by atoms with Crippen molar-refractivity contribution in [2.24, 2.45) is 0 Å². The SMILES string of the molecule is COc1ccccc1CN(CC(Cc1c[nH]c2ccccc12)NC(=O)COc1ccc(CCC(C)=O)cc1)C(C)=O.[HH]. The van der Waals surface area contributed by atoms with E-state index in [-0.39, 0.29) is 31.7 Å². The van der Waals surface area contributed by atoms with Crippen molar-refractivity contribution in [3.8, 4) is 11.5 Å². The van der Waals surface area contributed by atoms with Crippen molar-refractivity contribution in [3.05, 3.63) is 95.7 Å². The number of Topliss-reactive ketones (excluding diaryl/α,β-unsaturated/α-hetero) is 1. The van der Waals surface area contributed by atoms with Crippen molar-refractivity contribution < 1.29 is 25.3 Å². The summed E-state index contributed by atoms with van der Waals surface area (Å²) in [6.07, 6.45) is 3.64. The van der Waals surface area contributed by atoms with Crippen LogP contribution in [0.1, 0.15) is 38.4 Å². The van der Waals surface area contributed by atoms with Crippen molar-refractivity contribution >= 4 is 28.5 Å². The highest BCUT2D eigenvalue weighted by atomic mass is 16.5. The molecule has 3 aromatic carbocycles. The first-order chi connectivity index (χ1) is 19.8. The Bertz CT molecular complexity index is 1480. The third-order valence-corrected chi connectivity index (χ3v) is 7.01. The number of fused-ring (bicyclic) bond motifs is 1. The number of benzene rings is 3. The number of aromatic amines is 1. The fraction of sp³-hybridized carbons (Fsp3) is 0.303. The van der Waals surface area contributed by atoms with Crippen molar-refractivity contribution in [3.63, 3.8) is 0 Å². The molecule has 0 saturated heterocycles. The Morgan fingerprint density at radius 1 is 0.951 bits per heavy atom. The molecule has 0 aliphatic heterocycles. The van der Waals surface area contributed by atoms with Gasteiger partial charge >= 0.3 is 0 Å². The van der Waals surface area contributed by atoms with Crippen LogP contribution in [-0.2, 0) is 33.8 Å². The number of H-pyrrole nitrogens is 1. The molecule has 4 aromatic rings. The first-order valence-corrected chi connectivity index (χ1v) is 13.7. The molecule has 0 aliphatic carbocycles. The van der Waals surface area contributed by atoms with Crippen LogP contribution in [0.3, 0.4) is 0 Å². The van der Waals surface area contributed by atoms with Gasteiger partial charge in [-0.15, -0.1) is 0 Å². The van der Waals surface area contributed by atoms with Crippen LogP contribution in [0.5, 0.6) is 11.5 Å². The molecule has 1 aromatic heterocycles. The van der Waals surface area contributed by atoms with Crippen LogP contribution in [0, 0.1) is 0 Å². The van der Waals surface area contributed by atoms with Gasteiger partial charge in [0.2, 0.25) is 5.91 Å². The van der Waals surface area contributed by atoms with E-state index in [9.17, 15) is 14.4 Å². The summed E-state index contributed by atoms with van der Waals surface area (Å²) in [5.41, 5.74) is 3.99. The number of ether oxygens (including phenoxy) is 2. The number of nitrogens with one attached hydrogen (secondary N) is 2. The number of para-hydroxylation sites is 2. The number of ketones is 1. The Morgan fingerprint density at radius 2 is 1.68 bits per heavy atom. The smallest absolute Gasteiger partial charge is 0.258 e. The summed E-state index contributed by atoms with van der Waals surface area (Å²) in [5, 5.41) is 4.17. The van der Waals surface area contributed by atoms with Crippen LogP contribution < -0.4 is 14.8 Å². The maximum Gasteiger partial charge on any atom is 0.258 e. The zero-order valence-corrected chi connectivity index (χ0v) is 23.8. The molecule has 216 valence electrons. The highest BCUT2D eigenvalue weighted by molar-refractivity contribution is 5.83. The molecule has 0 bridgehead atoms. The number of amides is 2. The van der Waals surface area contributed by atoms with E-state index in [1.807, 2.05) is 66.9 Å². The first-order valence-electron chi connectivity index (χ1n) is 13.7. The van der Waals surface area contributed by atoms with Gasteiger partial charge in [-0.05, 0) is 55.2 Å². The predicted molar refractivity (Wildman–Crippen MR) is 161 cm³/mol. The number of carbonyl (C=O) groups is 3. The summed E-state index contributed by atoms with van der Waals surface area (Å²) < 4.78 is 11.2. The predicted octanol–water partition coefficient (Wildman–Crippen LogP) is 5.10. The summed E-state index contributed by atoms with van der Waals surface area (Å²) in [4.78, 5) is 42.0. The van der Waals surface area contributed by atoms with E-state index in [1.165, 1.54) is 6.92 Å². The molecule has 1 unspecified atom stereocenters. The van der Waals surface area contributed by atoms with Gasteiger partial charge in [0, 0.05) is 50.5 Å². The average Bonchev–Trinajstić information content (AvgIpc) is 3.38. The number of hydrogen-bond acceptors (Lipinski definition) is 5. The van der Waals surface area contributed by atoms with Gasteiger partial charge in [-0.25, -0.2) is 0 Å². The average molecular weight is 558 g/mol. The maximum absolute atomic E-state index is 13.1. The zero-order chi connectivity index (χ0) is 29.2. The summed E-state index contributed by atoms with van der Waals surface area (Å²) in [6.45, 7) is 3.61. The van der Waals surface area contributed by atoms with E-state index in [1.54, 1.807) is 31.1 Å². The minimum atomic E-state index is -0.363. The number of methoxy groups -OCH3 is 1. The third kappa shape index (κ3) is 8.45. The zero-order valence-electron chi connectivity index (χ0n) is 23.8. The van der Waals surface area contributed by atoms with Crippen LogP contribution in [0.4, 0.5) is 0 Å². The molecule has 41 heavy (non-hydrogen) atoms. The van der Waals surface area contributed by atoms with Gasteiger partial charge < -0.3 is 29.5 Å². The summed E-state index contributed by atoms with van der Waals surface area (Å²) in [7, 11) is 1.61. The first kappa shape index (κ1) is 29.4. The Labute approximate surface area is 242 Å². The quantitative estimate of drug-likeness (QED) is 0.225. The monoisotopic (exact) mass is 557 g/mol. The summed E-state index contributed by atoms with van der Waals surface area (Å²) >= 11 is 0. The lowest BCUT2D eigenvalue weighted by Gasteiger charge is -2.28. The van der Waals surface area contributed by atoms with Crippen LogP contribution in [0.2, 0.25) is 0 Å². The van der Waals surface area contributed by atoms with E-state index < -0.39 is 0 Å². The van der Waals surface area contributed by atoms with E-state index in [4.69, 9.17) is 9.47 Å². The standard InChI is InChI=1S/C33H37N3O5.H2/c1-23(37)12-13-25-14-16-29(17-15-25)41-22-33(39)35-28(18-27-19-34-31-10-6-5-9-30(27)31)21-36(24(2)38)20-26-8-4-7-11-32(26)40-3;/h4-11,14-17,19,28,34H,12-13,18,20-22H2,1-3H3,(H,35,39);1H. The molecule has 2 amide bonds. The molecule has 0 radical (unpaired) electrons. The second kappa shape index (κ2) is 14.2. The maximum atomic E-state index is 13.1. The van der Waals surface area contributed by atoms with E-state index >= 15 is 0 Å². The normalized spacial score (nSPS) is 11.6. The molecule has 8 nitrogen and oxygen atoms in total. The number of hydrogen-bond donors (Lipinski definition) is 2. The summed E-state index contributed by atoms with van der Waals surface area (Å²) in [6, 6.07) is 22.6. The van der Waals surface area contributed by atoms with Crippen molar-refractivity contribution in [1.29, 1.82) is 0 Å². The second-order valence-corrected chi connectivity index (χ2v) is 10.2. The van der Waals surface area contributed by atoms with Crippen molar-refractivity contribution in [2.45, 2.75) is 45.7 Å². The van der Waals surface area contributed by atoms with Crippen molar-refractivity contribution in [1.82, 2.24) is 15.2 Å². The Balaban J connectivity index is 0.00000484. The number of carbonyl (C=O) groups excluding carboxylic acids is 3. The lowest BCUT2D eigenvalue weighted by Crippen LogP contribution is -2.47. The highest BCUT2D eigenvalue weighted by Gasteiger charge is 2.22. The molecular formula is C33H39N3O5. The molecule has 2 N–H and O–H groups in total. The Kier molecular flexibility index (Phi) is 10.2. The molecule has 0 fully saturated rings. The molecule has 0 aliphatic rings. The molecule has 4 rings (SSSR count). The highest BCUT2D eigenvalue weighted by Crippen LogP contribution is 2.22. The van der Waals surface area contributed by atoms with E-state index in [0.29, 0.717) is 43.9 Å². The van der Waals surface area contributed by atoms with Gasteiger partial charge in [0.05, 0.1) is 13.2 Å². The molecular weight excluding hydrogens is 518 g/mol. The van der Waals surface area contributed by atoms with Crippen LogP contribution in [0.15, 0.2) is 79.0 Å². The fourth-order valence-electron chi connectivity index (χ4n) is 4.83. The molecule has 0 saturated carbocycles. The Hall–Kier alpha value is -4.59. The van der Waals surface area contributed by atoms with Gasteiger partial charge in [-0.3, -0.25) is 9.59 Å². The largest absolute Gasteiger partial charge is 0.496 e. The minimum Gasteiger partial charge on any atom is -0.496 e. The number of aromatic nitrogens is 1. The molecule has 1 heterocycles. The molecule has 0 spiro atoms. The second-order valence-electron chi connectivity index (χ2n) is 10.2. The molecule has 1 atom stereocenters. The topological polar surface area (TPSA) is 101 Å². The van der Waals surface area contributed by atoms with Crippen LogP contribution in [-0.4, -0.2) is 53.8 Å². The van der Waals surface area contributed by atoms with E-state index in [0.717, 1.165) is 27.6 Å². The van der Waals surface area contributed by atoms with Crippen LogP contribution >= 0.6 is 0 Å². The fourth-order valence-corrected chi connectivity index (χ4v) is 4.83. The lowest BCUT2D eigenvalue weighted by molar-refractivity contribution is -0.131. The third-order valence-electron chi connectivity index (χ3n) is 7.01. The number of nitrogens with zero attached hydrogens (tertiary/aromatic N) is 1. The molecule has 8 heteroatoms. The van der Waals surface area contributed by atoms with Gasteiger partial charge in [0.15, 0.2) is 6.61 Å². The van der Waals surface area contributed by atoms with Crippen LogP contribution in [0.25, 0.3) is 10.9 Å². The lowest BCUT2D eigenvalue weighted by atomic mass is 10.0. The summed E-state index contributed by atoms with van der Waals surface area (Å²) in [5.74, 6) is 1.04. The van der Waals surface area contributed by atoms with Gasteiger partial charge in [0.25, 0.3) is 5.91 Å². The Morgan fingerprint density at radius 3 is 2.41 bits per heavy atom. The number of rotatable bonds is 14. The van der Waals surface area contributed by atoms with Crippen molar-refractivity contribution in [2.75, 3.05) is 20.3 Å². The van der Waals surface area contributed by atoms with Gasteiger partial charge in [-0.1, -0.05) is 48.5 Å². The van der Waals surface area contributed by atoms with E-state index in [2.05, 4.69) is 10.3 Å². The van der Waals surface area contributed by atoms with Gasteiger partial charge in [-0.2, -0.15) is 0 Å². The number of aryl methyl sites for hydroxylation is 1.